The molecule has 0 bridgehead atoms. The van der Waals surface area contributed by atoms with E-state index in [0.29, 0.717) is 11.8 Å². The van der Waals surface area contributed by atoms with Crippen LogP contribution in [0, 0.1) is 17.8 Å². The van der Waals surface area contributed by atoms with Crippen LogP contribution in [0.3, 0.4) is 0 Å². The first-order valence-electron chi connectivity index (χ1n) is 12.1. The van der Waals surface area contributed by atoms with E-state index in [9.17, 15) is 8.42 Å². The quantitative estimate of drug-likeness (QED) is 0.241. The molecule has 5 N–H and O–H groups in total. The van der Waals surface area contributed by atoms with Gasteiger partial charge in [0.15, 0.2) is 0 Å². The summed E-state index contributed by atoms with van der Waals surface area (Å²) in [6, 6.07) is 12.2. The smallest absolute Gasteiger partial charge is 0.304 e. The fraction of sp³-hybridized carbons (Fsp3) is 0.400. The van der Waals surface area contributed by atoms with Crippen molar-refractivity contribution in [2.24, 2.45) is 22.9 Å². The number of rotatable bonds is 9. The number of anilines is 1. The van der Waals surface area contributed by atoms with Crippen LogP contribution in [0.5, 0.6) is 0 Å². The van der Waals surface area contributed by atoms with Crippen LogP contribution in [0.25, 0.3) is 27.7 Å². The Morgan fingerprint density at radius 2 is 2.09 bits per heavy atom. The molecular weight excluding hydrogens is 464 g/mol. The topological polar surface area (TPSA) is 131 Å². The fourth-order valence-electron chi connectivity index (χ4n) is 5.45. The molecule has 1 aliphatic rings. The normalized spacial score (nSPS) is 21.9. The van der Waals surface area contributed by atoms with Gasteiger partial charge >= 0.3 is 10.3 Å². The second-order valence-corrected chi connectivity index (χ2v) is 10.6. The van der Waals surface area contributed by atoms with Crippen LogP contribution < -0.4 is 15.0 Å². The summed E-state index contributed by atoms with van der Waals surface area (Å²) in [6.07, 6.45) is 9.66. The summed E-state index contributed by atoms with van der Waals surface area (Å²) < 4.78 is 27.4. The molecule has 1 aliphatic carbocycles. The van der Waals surface area contributed by atoms with Crippen molar-refractivity contribution in [3.8, 4) is 11.3 Å². The van der Waals surface area contributed by atoms with E-state index >= 15 is 0 Å². The van der Waals surface area contributed by atoms with Gasteiger partial charge in [-0.3, -0.25) is 4.98 Å². The third-order valence-electron chi connectivity index (χ3n) is 7.13. The van der Waals surface area contributed by atoms with Gasteiger partial charge in [-0.05, 0) is 42.4 Å². The molecule has 0 spiro atoms. The first-order valence-corrected chi connectivity index (χ1v) is 13.6. The maximum Gasteiger partial charge on any atom is 0.484 e. The number of hydrogen-bond acceptors (Lipinski definition) is 5. The molecule has 1 aromatic carbocycles. The molecule has 0 amide bonds. The molecule has 9 nitrogen and oxygen atoms in total. The highest BCUT2D eigenvalue weighted by Gasteiger charge is 2.34. The number of pyridine rings is 1. The van der Waals surface area contributed by atoms with Crippen LogP contribution in [0.4, 0.5) is 5.82 Å². The molecule has 4 atom stereocenters. The van der Waals surface area contributed by atoms with E-state index in [0.717, 1.165) is 65.7 Å². The van der Waals surface area contributed by atoms with Gasteiger partial charge in [-0.1, -0.05) is 37.6 Å². The fourth-order valence-corrected chi connectivity index (χ4v) is 5.84. The zero-order valence-electron chi connectivity index (χ0n) is 19.8. The van der Waals surface area contributed by atoms with Gasteiger partial charge in [0.05, 0.1) is 18.8 Å². The van der Waals surface area contributed by atoms with Crippen LogP contribution >= 0.6 is 0 Å². The lowest BCUT2D eigenvalue weighted by Crippen LogP contribution is -2.30. The largest absolute Gasteiger partial charge is 0.484 e. The SMILES string of the molecule is CC[C@@H]1C[C@@H](COS(N)(=O)=[OH+])C[C@H]1CCNc1ccnc2cc(-c3cncc4ccccc34)[nH][n+]12. The predicted octanol–water partition coefficient (Wildman–Crippen LogP) is 3.60. The van der Waals surface area contributed by atoms with Crippen molar-refractivity contribution in [2.45, 2.75) is 32.6 Å². The summed E-state index contributed by atoms with van der Waals surface area (Å²) >= 11 is 0. The van der Waals surface area contributed by atoms with E-state index in [1.807, 2.05) is 47.4 Å². The van der Waals surface area contributed by atoms with Gasteiger partial charge in [-0.2, -0.15) is 9.35 Å². The number of fused-ring (bicyclic) bond motifs is 2. The number of nitrogens with zero attached hydrogens (tertiary/aromatic N) is 3. The molecule has 0 saturated heterocycles. The maximum atomic E-state index is 11.3. The van der Waals surface area contributed by atoms with E-state index in [4.69, 9.17) is 9.32 Å². The van der Waals surface area contributed by atoms with E-state index in [2.05, 4.69) is 39.4 Å². The number of H-pyrrole nitrogens is 1. The monoisotopic (exact) mass is 496 g/mol. The Labute approximate surface area is 205 Å². The number of nitrogens with one attached hydrogen (secondary N) is 2. The number of hydrogen-bond donors (Lipinski definition) is 3. The Morgan fingerprint density at radius 3 is 2.91 bits per heavy atom. The van der Waals surface area contributed by atoms with Gasteiger partial charge in [0, 0.05) is 35.5 Å². The Balaban J connectivity index is 1.28. The molecule has 1 saturated carbocycles. The summed E-state index contributed by atoms with van der Waals surface area (Å²) in [5.41, 5.74) is 2.83. The highest BCUT2D eigenvalue weighted by atomic mass is 32.2. The number of aromatic nitrogens is 4. The number of nitrogens with two attached hydrogens (primary N) is 1. The molecule has 0 radical (unpaired) electrons. The van der Waals surface area contributed by atoms with Crippen molar-refractivity contribution in [3.05, 3.63) is 55.0 Å². The molecule has 1 fully saturated rings. The first kappa shape index (κ1) is 23.7. The molecule has 0 aliphatic heterocycles. The van der Waals surface area contributed by atoms with E-state index in [1.54, 1.807) is 0 Å². The molecule has 35 heavy (non-hydrogen) atoms. The minimum atomic E-state index is -3.64. The second kappa shape index (κ2) is 9.88. The Morgan fingerprint density at radius 1 is 1.26 bits per heavy atom. The van der Waals surface area contributed by atoms with Crippen molar-refractivity contribution >= 4 is 32.5 Å². The van der Waals surface area contributed by atoms with Crippen molar-refractivity contribution < 1.29 is 17.1 Å². The highest BCUT2D eigenvalue weighted by molar-refractivity contribution is 7.84. The first-order chi connectivity index (χ1) is 16.9. The molecule has 10 heteroatoms. The third-order valence-corrected chi connectivity index (χ3v) is 7.60. The molecule has 1 unspecified atom stereocenters. The highest BCUT2D eigenvalue weighted by Crippen LogP contribution is 2.40. The standard InChI is InChI=1S/C25H30N6O3S/c1-2-18-11-17(16-34-35(26,32)33)12-19(18)7-9-28-24-8-10-29-25-13-23(30-31(24)25)22-15-27-14-20-5-3-4-6-21(20)22/h3-6,8,10,13-15,17-19H,2,7,9,11-12,16H2,1H3,(H3,26,28,29,30,32,33)/p+2/t17-,18-,19-/m1/s1. The number of aromatic amines is 1. The molecular formula is C25H32N6O3S+2. The van der Waals surface area contributed by atoms with Gasteiger partial charge in [-0.25, -0.2) is 9.28 Å². The van der Waals surface area contributed by atoms with Crippen molar-refractivity contribution in [2.75, 3.05) is 18.5 Å². The lowest BCUT2D eigenvalue weighted by molar-refractivity contribution is -0.563. The summed E-state index contributed by atoms with van der Waals surface area (Å²) in [5.74, 6) is 2.34. The van der Waals surface area contributed by atoms with E-state index in [1.165, 1.54) is 0 Å². The van der Waals surface area contributed by atoms with Crippen molar-refractivity contribution in [1.82, 2.24) is 15.1 Å². The molecule has 4 aromatic rings. The molecule has 3 aromatic heterocycles. The Bertz CT molecular complexity index is 1430. The van der Waals surface area contributed by atoms with Gasteiger partial charge in [0.2, 0.25) is 5.82 Å². The second-order valence-electron chi connectivity index (χ2n) is 9.38. The van der Waals surface area contributed by atoms with Crippen LogP contribution in [0.1, 0.15) is 32.6 Å². The lowest BCUT2D eigenvalue weighted by Gasteiger charge is -2.16. The van der Waals surface area contributed by atoms with Gasteiger partial charge < -0.3 is 5.32 Å². The van der Waals surface area contributed by atoms with E-state index in [-0.39, 0.29) is 12.5 Å². The zero-order chi connectivity index (χ0) is 24.4. The Kier molecular flexibility index (Phi) is 6.68. The van der Waals surface area contributed by atoms with Gasteiger partial charge in [0.25, 0.3) is 5.65 Å². The molecule has 5 rings (SSSR count). The average Bonchev–Trinajstić information content (AvgIpc) is 3.46. The third kappa shape index (κ3) is 5.29. The van der Waals surface area contributed by atoms with E-state index < -0.39 is 10.3 Å². The Hall–Kier alpha value is -3.08. The van der Waals surface area contributed by atoms with Crippen molar-refractivity contribution in [1.29, 1.82) is 0 Å². The van der Waals surface area contributed by atoms with Crippen LogP contribution in [0.2, 0.25) is 0 Å². The van der Waals surface area contributed by atoms with Crippen LogP contribution in [-0.4, -0.2) is 36.6 Å². The minimum absolute atomic E-state index is 0.237. The predicted molar refractivity (Wildman–Crippen MR) is 136 cm³/mol. The van der Waals surface area contributed by atoms with Gasteiger partial charge in [0.1, 0.15) is 6.20 Å². The van der Waals surface area contributed by atoms with Gasteiger partial charge in [-0.15, -0.1) is 13.7 Å². The average molecular weight is 497 g/mol. The summed E-state index contributed by atoms with van der Waals surface area (Å²) in [4.78, 5) is 8.94. The molecule has 3 heterocycles. The van der Waals surface area contributed by atoms with Crippen LogP contribution in [0.15, 0.2) is 55.0 Å². The lowest BCUT2D eigenvalue weighted by atomic mass is 9.91. The minimum Gasteiger partial charge on any atom is -0.304 e. The zero-order valence-corrected chi connectivity index (χ0v) is 20.6. The number of benzene rings is 1. The summed E-state index contributed by atoms with van der Waals surface area (Å²) in [6.45, 7) is 3.26. The molecule has 184 valence electrons. The summed E-state index contributed by atoms with van der Waals surface area (Å²) in [7, 11) is -3.64. The van der Waals surface area contributed by atoms with Crippen molar-refractivity contribution in [3.63, 3.8) is 0 Å². The van der Waals surface area contributed by atoms with Crippen LogP contribution in [-0.2, 0) is 14.5 Å². The maximum absolute atomic E-state index is 11.3. The summed E-state index contributed by atoms with van der Waals surface area (Å²) in [5, 5.41) is 14.4.